The number of Topliss-reactive ketones (excluding diaryl/α,β-unsaturated/α-hetero) is 1. The maximum Gasteiger partial charge on any atom is 0.223 e. The third-order valence-electron chi connectivity index (χ3n) is 2.21. The lowest BCUT2D eigenvalue weighted by Gasteiger charge is -2.02. The summed E-state index contributed by atoms with van der Waals surface area (Å²) in [5, 5.41) is 0. The van der Waals surface area contributed by atoms with E-state index in [0.717, 1.165) is 10.0 Å². The molecule has 0 bridgehead atoms. The van der Waals surface area contributed by atoms with Gasteiger partial charge in [-0.25, -0.2) is 0 Å². The first-order chi connectivity index (χ1) is 8.25. The van der Waals surface area contributed by atoms with Crippen molar-refractivity contribution in [1.82, 2.24) is 0 Å². The maximum atomic E-state index is 11.5. The normalized spacial score (nSPS) is 10.4. The van der Waals surface area contributed by atoms with Gasteiger partial charge in [-0.05, 0) is 29.8 Å². The lowest BCUT2D eigenvalue weighted by atomic mass is 10.2. The van der Waals surface area contributed by atoms with Crippen molar-refractivity contribution in [3.05, 3.63) is 58.5 Å². The molecule has 1 aromatic heterocycles. The van der Waals surface area contributed by atoms with Gasteiger partial charge >= 0.3 is 0 Å². The quantitative estimate of drug-likeness (QED) is 0.793. The molecule has 1 heterocycles. The van der Waals surface area contributed by atoms with Gasteiger partial charge in [-0.2, -0.15) is 0 Å². The summed E-state index contributed by atoms with van der Waals surface area (Å²) < 4.78 is 11.3. The van der Waals surface area contributed by atoms with E-state index in [1.807, 2.05) is 24.3 Å². The van der Waals surface area contributed by atoms with Gasteiger partial charge in [0.1, 0.15) is 6.61 Å². The van der Waals surface area contributed by atoms with E-state index < -0.39 is 0 Å². The summed E-state index contributed by atoms with van der Waals surface area (Å²) in [6.07, 6.45) is 1.47. The van der Waals surface area contributed by atoms with Crippen LogP contribution in [0.2, 0.25) is 0 Å². The number of ketones is 1. The van der Waals surface area contributed by atoms with E-state index >= 15 is 0 Å². The second-order valence-corrected chi connectivity index (χ2v) is 4.44. The van der Waals surface area contributed by atoms with Crippen molar-refractivity contribution in [1.29, 1.82) is 0 Å². The van der Waals surface area contributed by atoms with E-state index in [-0.39, 0.29) is 12.4 Å². The number of carbonyl (C=O) groups is 1. The lowest BCUT2D eigenvalue weighted by molar-refractivity contribution is 0.0700. The Kier molecular flexibility index (Phi) is 4.12. The topological polar surface area (TPSA) is 39.4 Å². The minimum atomic E-state index is -0.146. The first kappa shape index (κ1) is 12.1. The molecule has 0 saturated carbocycles. The third-order valence-corrected chi connectivity index (χ3v) is 2.74. The van der Waals surface area contributed by atoms with Crippen molar-refractivity contribution in [2.45, 2.75) is 6.61 Å². The van der Waals surface area contributed by atoms with Crippen LogP contribution in [0.3, 0.4) is 0 Å². The molecule has 4 heteroatoms. The van der Waals surface area contributed by atoms with E-state index in [1.54, 1.807) is 12.1 Å². The molecule has 0 aliphatic carbocycles. The van der Waals surface area contributed by atoms with Crippen LogP contribution in [0.25, 0.3) is 0 Å². The summed E-state index contributed by atoms with van der Waals surface area (Å²) in [5.41, 5.74) is 1.03. The summed E-state index contributed by atoms with van der Waals surface area (Å²) in [5.74, 6) is 0.188. The molecule has 3 nitrogen and oxygen atoms in total. The smallest absolute Gasteiger partial charge is 0.223 e. The fourth-order valence-electron chi connectivity index (χ4n) is 1.35. The molecular weight excluding hydrogens is 284 g/mol. The molecule has 17 heavy (non-hydrogen) atoms. The Labute approximate surface area is 108 Å². The zero-order chi connectivity index (χ0) is 12.1. The molecule has 0 saturated heterocycles. The van der Waals surface area contributed by atoms with Crippen molar-refractivity contribution in [2.24, 2.45) is 0 Å². The monoisotopic (exact) mass is 294 g/mol. The largest absolute Gasteiger partial charge is 0.461 e. The van der Waals surface area contributed by atoms with Crippen molar-refractivity contribution < 1.29 is 13.9 Å². The van der Waals surface area contributed by atoms with Crippen LogP contribution >= 0.6 is 15.9 Å². The second-order valence-electron chi connectivity index (χ2n) is 3.52. The van der Waals surface area contributed by atoms with Crippen LogP contribution in [-0.2, 0) is 11.3 Å². The van der Waals surface area contributed by atoms with Crippen LogP contribution in [0, 0.1) is 0 Å². The summed E-state index contributed by atoms with van der Waals surface area (Å²) in [7, 11) is 0. The van der Waals surface area contributed by atoms with Crippen LogP contribution in [0.15, 0.2) is 51.6 Å². The number of benzene rings is 1. The van der Waals surface area contributed by atoms with Crippen LogP contribution in [0.5, 0.6) is 0 Å². The van der Waals surface area contributed by atoms with Crippen LogP contribution < -0.4 is 0 Å². The van der Waals surface area contributed by atoms with Crippen LogP contribution in [0.4, 0.5) is 0 Å². The highest BCUT2D eigenvalue weighted by Gasteiger charge is 2.08. The second kappa shape index (κ2) is 5.80. The average Bonchev–Trinajstić information content (AvgIpc) is 2.85. The van der Waals surface area contributed by atoms with Crippen LogP contribution in [-0.4, -0.2) is 12.4 Å². The average molecular weight is 295 g/mol. The van der Waals surface area contributed by atoms with Gasteiger partial charge in [-0.3, -0.25) is 4.79 Å². The number of halogens is 1. The van der Waals surface area contributed by atoms with Crippen molar-refractivity contribution in [3.8, 4) is 0 Å². The minimum Gasteiger partial charge on any atom is -0.461 e. The molecule has 0 atom stereocenters. The van der Waals surface area contributed by atoms with Crippen molar-refractivity contribution in [2.75, 3.05) is 6.61 Å². The minimum absolute atomic E-state index is 0.0313. The summed E-state index contributed by atoms with van der Waals surface area (Å²) in [4.78, 5) is 11.5. The van der Waals surface area contributed by atoms with E-state index in [2.05, 4.69) is 15.9 Å². The first-order valence-corrected chi connectivity index (χ1v) is 5.94. The fourth-order valence-corrected chi connectivity index (χ4v) is 1.61. The molecule has 1 aromatic carbocycles. The molecule has 2 aromatic rings. The Bertz CT molecular complexity index is 474. The van der Waals surface area contributed by atoms with Gasteiger partial charge in [0.2, 0.25) is 5.78 Å². The molecule has 0 fully saturated rings. The van der Waals surface area contributed by atoms with Gasteiger partial charge in [0.15, 0.2) is 5.76 Å². The van der Waals surface area contributed by atoms with Gasteiger partial charge in [0, 0.05) is 4.47 Å². The number of carbonyl (C=O) groups excluding carboxylic acids is 1. The van der Waals surface area contributed by atoms with E-state index in [0.29, 0.717) is 12.4 Å². The Morgan fingerprint density at radius 3 is 2.65 bits per heavy atom. The zero-order valence-corrected chi connectivity index (χ0v) is 10.6. The van der Waals surface area contributed by atoms with Gasteiger partial charge in [-0.1, -0.05) is 28.1 Å². The number of ether oxygens (including phenoxy) is 1. The summed E-state index contributed by atoms with van der Waals surface area (Å²) >= 11 is 3.36. The number of hydrogen-bond donors (Lipinski definition) is 0. The highest BCUT2D eigenvalue weighted by atomic mass is 79.9. The first-order valence-electron chi connectivity index (χ1n) is 5.14. The Morgan fingerprint density at radius 1 is 1.24 bits per heavy atom. The highest BCUT2D eigenvalue weighted by molar-refractivity contribution is 9.10. The van der Waals surface area contributed by atoms with E-state index in [4.69, 9.17) is 9.15 Å². The molecule has 2 rings (SSSR count). The molecule has 88 valence electrons. The lowest BCUT2D eigenvalue weighted by Crippen LogP contribution is -2.08. The molecule has 0 amide bonds. The Hall–Kier alpha value is -1.39. The standard InChI is InChI=1S/C13H11BrO3/c14-11-5-3-10(4-6-11)8-16-9-12(15)13-2-1-7-17-13/h1-7H,8-9H2. The Morgan fingerprint density at radius 2 is 2.00 bits per heavy atom. The predicted molar refractivity (Wildman–Crippen MR) is 66.8 cm³/mol. The number of rotatable bonds is 5. The third kappa shape index (κ3) is 3.54. The Balaban J connectivity index is 1.80. The fraction of sp³-hybridized carbons (Fsp3) is 0.154. The molecule has 0 aliphatic heterocycles. The predicted octanol–water partition coefficient (Wildman–Crippen LogP) is 3.44. The van der Waals surface area contributed by atoms with Crippen LogP contribution in [0.1, 0.15) is 16.1 Å². The number of furan rings is 1. The number of hydrogen-bond acceptors (Lipinski definition) is 3. The molecule has 0 N–H and O–H groups in total. The SMILES string of the molecule is O=C(COCc1ccc(Br)cc1)c1ccco1. The van der Waals surface area contributed by atoms with Crippen molar-refractivity contribution >= 4 is 21.7 Å². The summed E-state index contributed by atoms with van der Waals surface area (Å²) in [6.45, 7) is 0.448. The van der Waals surface area contributed by atoms with Gasteiger partial charge < -0.3 is 9.15 Å². The van der Waals surface area contributed by atoms with E-state index in [1.165, 1.54) is 6.26 Å². The van der Waals surface area contributed by atoms with Gasteiger partial charge in [-0.15, -0.1) is 0 Å². The molecule has 0 unspecified atom stereocenters. The van der Waals surface area contributed by atoms with Crippen molar-refractivity contribution in [3.63, 3.8) is 0 Å². The zero-order valence-electron chi connectivity index (χ0n) is 9.06. The summed E-state index contributed by atoms with van der Waals surface area (Å²) in [6, 6.07) is 11.1. The molecule has 0 aliphatic rings. The van der Waals surface area contributed by atoms with Gasteiger partial charge in [0.05, 0.1) is 12.9 Å². The molecule has 0 spiro atoms. The molecular formula is C13H11BrO3. The maximum absolute atomic E-state index is 11.5. The van der Waals surface area contributed by atoms with Gasteiger partial charge in [0.25, 0.3) is 0 Å². The van der Waals surface area contributed by atoms with E-state index in [9.17, 15) is 4.79 Å². The highest BCUT2D eigenvalue weighted by Crippen LogP contribution is 2.11. The molecule has 0 radical (unpaired) electrons.